The summed E-state index contributed by atoms with van der Waals surface area (Å²) in [7, 11) is 0. The molecule has 1 fully saturated rings. The van der Waals surface area contributed by atoms with Crippen LogP contribution in [-0.2, 0) is 4.79 Å². The Morgan fingerprint density at radius 3 is 2.44 bits per heavy atom. The van der Waals surface area contributed by atoms with E-state index in [1.165, 1.54) is 0 Å². The lowest BCUT2D eigenvalue weighted by Gasteiger charge is -2.17. The molecule has 1 aromatic carbocycles. The number of Topliss-reactive ketones (excluding diaryl/α,β-unsaturated/α-hetero) is 2. The Kier molecular flexibility index (Phi) is 4.70. The zero-order chi connectivity index (χ0) is 13.0. The van der Waals surface area contributed by atoms with Gasteiger partial charge in [-0.15, -0.1) is 0 Å². The highest BCUT2D eigenvalue weighted by molar-refractivity contribution is 9.10. The number of rotatable bonds is 2. The number of carbonyl (C=O) groups excluding carboxylic acids is 2. The first kappa shape index (κ1) is 13.5. The third-order valence-corrected chi connectivity index (χ3v) is 4.03. The average Bonchev–Trinajstić information content (AvgIpc) is 2.35. The topological polar surface area (TPSA) is 34.1 Å². The fourth-order valence-electron chi connectivity index (χ4n) is 2.43. The number of hydrogen-bond acceptors (Lipinski definition) is 2. The molecule has 0 N–H and O–H groups in total. The van der Waals surface area contributed by atoms with Gasteiger partial charge in [0.1, 0.15) is 5.78 Å². The summed E-state index contributed by atoms with van der Waals surface area (Å²) in [6, 6.07) is 7.28. The van der Waals surface area contributed by atoms with Crippen molar-refractivity contribution >= 4 is 27.5 Å². The van der Waals surface area contributed by atoms with Gasteiger partial charge in [0.25, 0.3) is 0 Å². The van der Waals surface area contributed by atoms with E-state index < -0.39 is 5.92 Å². The number of benzene rings is 1. The molecule has 0 radical (unpaired) electrons. The maximum absolute atomic E-state index is 12.4. The first-order chi connectivity index (χ1) is 8.68. The van der Waals surface area contributed by atoms with Crippen molar-refractivity contribution in [2.75, 3.05) is 0 Å². The van der Waals surface area contributed by atoms with Crippen molar-refractivity contribution < 1.29 is 9.59 Å². The third-order valence-electron chi connectivity index (χ3n) is 3.50. The van der Waals surface area contributed by atoms with Crippen LogP contribution in [0.25, 0.3) is 0 Å². The highest BCUT2D eigenvalue weighted by Crippen LogP contribution is 2.23. The van der Waals surface area contributed by atoms with Crippen molar-refractivity contribution in [3.05, 3.63) is 34.3 Å². The lowest BCUT2D eigenvalue weighted by molar-refractivity contribution is -0.122. The minimum Gasteiger partial charge on any atom is -0.299 e. The predicted octanol–water partition coefficient (Wildman–Crippen LogP) is 4.17. The minimum absolute atomic E-state index is 0.00519. The van der Waals surface area contributed by atoms with Crippen LogP contribution < -0.4 is 0 Å². The van der Waals surface area contributed by atoms with Crippen LogP contribution in [0.2, 0.25) is 0 Å². The number of ketones is 2. The third kappa shape index (κ3) is 3.29. The van der Waals surface area contributed by atoms with Crippen molar-refractivity contribution in [1.82, 2.24) is 0 Å². The van der Waals surface area contributed by atoms with Crippen molar-refractivity contribution in [1.29, 1.82) is 0 Å². The summed E-state index contributed by atoms with van der Waals surface area (Å²) in [6.45, 7) is 0. The molecule has 1 atom stereocenters. The zero-order valence-electron chi connectivity index (χ0n) is 10.3. The monoisotopic (exact) mass is 308 g/mol. The van der Waals surface area contributed by atoms with Crippen LogP contribution in [0, 0.1) is 5.92 Å². The molecule has 1 aliphatic carbocycles. The molecular weight excluding hydrogens is 292 g/mol. The van der Waals surface area contributed by atoms with E-state index in [4.69, 9.17) is 0 Å². The minimum atomic E-state index is -0.411. The van der Waals surface area contributed by atoms with Crippen LogP contribution in [-0.4, -0.2) is 11.6 Å². The molecule has 0 spiro atoms. The highest BCUT2D eigenvalue weighted by atomic mass is 79.9. The number of hydrogen-bond donors (Lipinski definition) is 0. The van der Waals surface area contributed by atoms with E-state index in [0.29, 0.717) is 18.4 Å². The molecule has 0 saturated heterocycles. The normalized spacial score (nSPS) is 21.2. The summed E-state index contributed by atoms with van der Waals surface area (Å²) in [6.07, 6.45) is 5.45. The van der Waals surface area contributed by atoms with Gasteiger partial charge in [0.2, 0.25) is 0 Å². The van der Waals surface area contributed by atoms with E-state index in [9.17, 15) is 9.59 Å². The lowest BCUT2D eigenvalue weighted by atomic mass is 9.85. The van der Waals surface area contributed by atoms with Crippen molar-refractivity contribution in [3.8, 4) is 0 Å². The van der Waals surface area contributed by atoms with E-state index in [-0.39, 0.29) is 11.6 Å². The van der Waals surface area contributed by atoms with E-state index >= 15 is 0 Å². The second-order valence-corrected chi connectivity index (χ2v) is 5.76. The lowest BCUT2D eigenvalue weighted by Crippen LogP contribution is -2.25. The van der Waals surface area contributed by atoms with Gasteiger partial charge in [-0.2, -0.15) is 0 Å². The van der Waals surface area contributed by atoms with Crippen LogP contribution >= 0.6 is 15.9 Å². The van der Waals surface area contributed by atoms with Gasteiger partial charge in [-0.25, -0.2) is 0 Å². The molecule has 2 nitrogen and oxygen atoms in total. The van der Waals surface area contributed by atoms with Crippen LogP contribution in [0.15, 0.2) is 28.7 Å². The van der Waals surface area contributed by atoms with E-state index in [0.717, 1.165) is 30.2 Å². The molecule has 1 unspecified atom stereocenters. The van der Waals surface area contributed by atoms with E-state index in [1.54, 1.807) is 12.1 Å². The van der Waals surface area contributed by atoms with Crippen molar-refractivity contribution in [2.45, 2.75) is 38.5 Å². The Hall–Kier alpha value is -0.960. The summed E-state index contributed by atoms with van der Waals surface area (Å²) in [5.74, 6) is -0.288. The van der Waals surface area contributed by atoms with E-state index in [2.05, 4.69) is 15.9 Å². The van der Waals surface area contributed by atoms with Crippen LogP contribution in [0.3, 0.4) is 0 Å². The average molecular weight is 309 g/mol. The summed E-state index contributed by atoms with van der Waals surface area (Å²) in [4.78, 5) is 24.4. The predicted molar refractivity (Wildman–Crippen MR) is 74.7 cm³/mol. The Morgan fingerprint density at radius 1 is 1.06 bits per heavy atom. The first-order valence-electron chi connectivity index (χ1n) is 6.51. The molecule has 18 heavy (non-hydrogen) atoms. The number of carbonyl (C=O) groups is 2. The number of halogens is 1. The van der Waals surface area contributed by atoms with Gasteiger partial charge in [-0.05, 0) is 25.0 Å². The largest absolute Gasteiger partial charge is 0.299 e. The van der Waals surface area contributed by atoms with Gasteiger partial charge in [0.15, 0.2) is 5.78 Å². The molecule has 96 valence electrons. The molecule has 0 amide bonds. The molecule has 1 saturated carbocycles. The Balaban J connectivity index is 2.14. The first-order valence-corrected chi connectivity index (χ1v) is 7.30. The Bertz CT molecular complexity index is 436. The quantitative estimate of drug-likeness (QED) is 0.607. The molecule has 1 aromatic rings. The maximum atomic E-state index is 12.4. The van der Waals surface area contributed by atoms with Crippen LogP contribution in [0.1, 0.15) is 48.9 Å². The van der Waals surface area contributed by atoms with Gasteiger partial charge in [0.05, 0.1) is 5.92 Å². The standard InChI is InChI=1S/C15H17BrO2/c16-12-9-7-11(8-10-12)15(18)13-5-3-1-2-4-6-14(13)17/h7-10,13H,1-6H2. The van der Waals surface area contributed by atoms with Crippen LogP contribution in [0.4, 0.5) is 0 Å². The summed E-state index contributed by atoms with van der Waals surface area (Å²) >= 11 is 3.35. The van der Waals surface area contributed by atoms with Gasteiger partial charge >= 0.3 is 0 Å². The van der Waals surface area contributed by atoms with Gasteiger partial charge in [-0.1, -0.05) is 47.3 Å². The SMILES string of the molecule is O=C1CCCCCCC1C(=O)c1ccc(Br)cc1. The van der Waals surface area contributed by atoms with Gasteiger partial charge in [-0.3, -0.25) is 9.59 Å². The van der Waals surface area contributed by atoms with Crippen LogP contribution in [0.5, 0.6) is 0 Å². The molecular formula is C15H17BrO2. The summed E-state index contributed by atoms with van der Waals surface area (Å²) in [5.41, 5.74) is 0.650. The molecule has 0 aromatic heterocycles. The fraction of sp³-hybridized carbons (Fsp3) is 0.467. The fourth-order valence-corrected chi connectivity index (χ4v) is 2.69. The molecule has 2 rings (SSSR count). The zero-order valence-corrected chi connectivity index (χ0v) is 11.9. The van der Waals surface area contributed by atoms with Crippen molar-refractivity contribution in [3.63, 3.8) is 0 Å². The summed E-state index contributed by atoms with van der Waals surface area (Å²) < 4.78 is 0.947. The Morgan fingerprint density at radius 2 is 1.72 bits per heavy atom. The van der Waals surface area contributed by atoms with Gasteiger partial charge in [0, 0.05) is 16.5 Å². The Labute approximate surface area is 116 Å². The summed E-state index contributed by atoms with van der Waals surface area (Å²) in [5, 5.41) is 0. The van der Waals surface area contributed by atoms with E-state index in [1.807, 2.05) is 12.1 Å². The maximum Gasteiger partial charge on any atom is 0.173 e. The second kappa shape index (κ2) is 6.28. The molecule has 0 bridgehead atoms. The second-order valence-electron chi connectivity index (χ2n) is 4.84. The van der Waals surface area contributed by atoms with Gasteiger partial charge < -0.3 is 0 Å². The molecule has 1 aliphatic rings. The van der Waals surface area contributed by atoms with Crippen molar-refractivity contribution in [2.24, 2.45) is 5.92 Å². The smallest absolute Gasteiger partial charge is 0.173 e. The highest BCUT2D eigenvalue weighted by Gasteiger charge is 2.27. The molecule has 3 heteroatoms. The molecule has 0 heterocycles. The molecule has 0 aliphatic heterocycles.